The molecule has 0 atom stereocenters. The van der Waals surface area contributed by atoms with Crippen molar-refractivity contribution in [2.75, 3.05) is 33.2 Å². The zero-order chi connectivity index (χ0) is 14.9. The molecule has 0 amide bonds. The van der Waals surface area contributed by atoms with E-state index in [4.69, 9.17) is 0 Å². The molecule has 1 aliphatic rings. The summed E-state index contributed by atoms with van der Waals surface area (Å²) in [6.07, 6.45) is 0.889. The molecular formula is C15H24N2O2S. The van der Waals surface area contributed by atoms with Gasteiger partial charge in [-0.3, -0.25) is 0 Å². The summed E-state index contributed by atoms with van der Waals surface area (Å²) in [5, 5.41) is 0. The summed E-state index contributed by atoms with van der Waals surface area (Å²) in [6.45, 7) is 8.79. The Balaban J connectivity index is 2.37. The van der Waals surface area contributed by atoms with Crippen LogP contribution in [0.5, 0.6) is 0 Å². The van der Waals surface area contributed by atoms with Gasteiger partial charge in [-0.25, -0.2) is 8.42 Å². The Bertz CT molecular complexity index is 596. The van der Waals surface area contributed by atoms with Crippen LogP contribution in [-0.2, 0) is 10.0 Å². The summed E-state index contributed by atoms with van der Waals surface area (Å²) in [5.41, 5.74) is 3.00. The van der Waals surface area contributed by atoms with Crippen molar-refractivity contribution in [1.82, 2.24) is 9.21 Å². The summed E-state index contributed by atoms with van der Waals surface area (Å²) < 4.78 is 27.3. The first-order chi connectivity index (χ1) is 9.32. The summed E-state index contributed by atoms with van der Waals surface area (Å²) in [7, 11) is -1.33. The monoisotopic (exact) mass is 296 g/mol. The smallest absolute Gasteiger partial charge is 0.243 e. The molecule has 0 aliphatic carbocycles. The first-order valence-electron chi connectivity index (χ1n) is 7.09. The van der Waals surface area contributed by atoms with Gasteiger partial charge in [-0.15, -0.1) is 0 Å². The normalized spacial score (nSPS) is 19.0. The lowest BCUT2D eigenvalue weighted by Crippen LogP contribution is -2.35. The summed E-state index contributed by atoms with van der Waals surface area (Å²) in [6, 6.07) is 3.78. The molecule has 1 aromatic carbocycles. The first kappa shape index (κ1) is 15.5. The van der Waals surface area contributed by atoms with Crippen molar-refractivity contribution < 1.29 is 8.42 Å². The largest absolute Gasteiger partial charge is 0.305 e. The van der Waals surface area contributed by atoms with Crippen LogP contribution in [0.1, 0.15) is 23.1 Å². The molecule has 0 radical (unpaired) electrons. The van der Waals surface area contributed by atoms with Gasteiger partial charge < -0.3 is 4.90 Å². The molecular weight excluding hydrogens is 272 g/mol. The second-order valence-corrected chi connectivity index (χ2v) is 7.67. The number of hydrogen-bond donors (Lipinski definition) is 0. The number of likely N-dealkylation sites (N-methyl/N-ethyl adjacent to an activating group) is 1. The highest BCUT2D eigenvalue weighted by Gasteiger charge is 2.27. The minimum Gasteiger partial charge on any atom is -0.305 e. The molecule has 0 spiro atoms. The molecule has 2 rings (SSSR count). The molecule has 0 unspecified atom stereocenters. The number of benzene rings is 1. The Kier molecular flexibility index (Phi) is 4.52. The summed E-state index contributed by atoms with van der Waals surface area (Å²) in [5.74, 6) is 0. The van der Waals surface area contributed by atoms with E-state index in [1.54, 1.807) is 4.31 Å². The van der Waals surface area contributed by atoms with Crippen molar-refractivity contribution in [3.63, 3.8) is 0 Å². The second-order valence-electron chi connectivity index (χ2n) is 5.76. The maximum absolute atomic E-state index is 12.8. The van der Waals surface area contributed by atoms with E-state index in [1.807, 2.05) is 40.0 Å². The molecule has 4 nitrogen and oxygen atoms in total. The third-order valence-corrected chi connectivity index (χ3v) is 6.13. The van der Waals surface area contributed by atoms with Crippen molar-refractivity contribution in [2.45, 2.75) is 32.1 Å². The Morgan fingerprint density at radius 3 is 2.25 bits per heavy atom. The minimum absolute atomic E-state index is 0.463. The van der Waals surface area contributed by atoms with Gasteiger partial charge in [-0.2, -0.15) is 4.31 Å². The van der Waals surface area contributed by atoms with Crippen LogP contribution < -0.4 is 0 Å². The van der Waals surface area contributed by atoms with Gasteiger partial charge in [0.15, 0.2) is 0 Å². The van der Waals surface area contributed by atoms with Crippen LogP contribution >= 0.6 is 0 Å². The molecule has 0 saturated carbocycles. The minimum atomic E-state index is -3.37. The van der Waals surface area contributed by atoms with Crippen LogP contribution in [0.15, 0.2) is 17.0 Å². The maximum Gasteiger partial charge on any atom is 0.243 e. The molecule has 1 heterocycles. The topological polar surface area (TPSA) is 40.6 Å². The van der Waals surface area contributed by atoms with E-state index < -0.39 is 10.0 Å². The predicted molar refractivity (Wildman–Crippen MR) is 81.5 cm³/mol. The summed E-state index contributed by atoms with van der Waals surface area (Å²) >= 11 is 0. The second kappa shape index (κ2) is 5.84. The van der Waals surface area contributed by atoms with E-state index in [0.29, 0.717) is 18.0 Å². The van der Waals surface area contributed by atoms with E-state index in [9.17, 15) is 8.42 Å². The van der Waals surface area contributed by atoms with Crippen molar-refractivity contribution in [3.05, 3.63) is 28.8 Å². The van der Waals surface area contributed by atoms with Crippen molar-refractivity contribution >= 4 is 10.0 Å². The quantitative estimate of drug-likeness (QED) is 0.837. The van der Waals surface area contributed by atoms with Crippen LogP contribution in [0.25, 0.3) is 0 Å². The predicted octanol–water partition coefficient (Wildman–Crippen LogP) is 1.94. The maximum atomic E-state index is 12.8. The molecule has 0 bridgehead atoms. The lowest BCUT2D eigenvalue weighted by molar-refractivity contribution is 0.347. The van der Waals surface area contributed by atoms with Crippen molar-refractivity contribution in [1.29, 1.82) is 0 Å². The number of nitrogens with zero attached hydrogens (tertiary/aromatic N) is 2. The highest BCUT2D eigenvalue weighted by molar-refractivity contribution is 7.89. The number of aryl methyl sites for hydroxylation is 3. The molecule has 0 N–H and O–H groups in total. The van der Waals surface area contributed by atoms with Crippen molar-refractivity contribution in [3.8, 4) is 0 Å². The Hall–Kier alpha value is -0.910. The fourth-order valence-electron chi connectivity index (χ4n) is 2.61. The van der Waals surface area contributed by atoms with Gasteiger partial charge in [-0.1, -0.05) is 6.07 Å². The molecule has 1 aliphatic heterocycles. The van der Waals surface area contributed by atoms with Gasteiger partial charge in [0.1, 0.15) is 0 Å². The fraction of sp³-hybridized carbons (Fsp3) is 0.600. The Morgan fingerprint density at radius 1 is 0.900 bits per heavy atom. The third kappa shape index (κ3) is 3.05. The van der Waals surface area contributed by atoms with E-state index >= 15 is 0 Å². The highest BCUT2D eigenvalue weighted by Crippen LogP contribution is 2.24. The highest BCUT2D eigenvalue weighted by atomic mass is 32.2. The third-order valence-electron chi connectivity index (χ3n) is 4.09. The average molecular weight is 296 g/mol. The Morgan fingerprint density at radius 2 is 1.55 bits per heavy atom. The molecule has 1 saturated heterocycles. The molecule has 0 aromatic heterocycles. The molecule has 20 heavy (non-hydrogen) atoms. The van der Waals surface area contributed by atoms with E-state index in [0.717, 1.165) is 36.2 Å². The van der Waals surface area contributed by atoms with Gasteiger partial charge in [-0.05, 0) is 63.5 Å². The number of hydrogen-bond acceptors (Lipinski definition) is 3. The van der Waals surface area contributed by atoms with Gasteiger partial charge in [0.2, 0.25) is 10.0 Å². The van der Waals surface area contributed by atoms with Crippen LogP contribution in [0.4, 0.5) is 0 Å². The Labute approximate surface area is 122 Å². The van der Waals surface area contributed by atoms with Crippen LogP contribution in [0.2, 0.25) is 0 Å². The lowest BCUT2D eigenvalue weighted by atomic mass is 10.1. The van der Waals surface area contributed by atoms with E-state index in [1.165, 1.54) is 0 Å². The van der Waals surface area contributed by atoms with E-state index in [2.05, 4.69) is 4.90 Å². The fourth-order valence-corrected chi connectivity index (χ4v) is 4.38. The van der Waals surface area contributed by atoms with Gasteiger partial charge in [0, 0.05) is 19.6 Å². The van der Waals surface area contributed by atoms with Gasteiger partial charge in [0.25, 0.3) is 0 Å². The van der Waals surface area contributed by atoms with E-state index in [-0.39, 0.29) is 0 Å². The first-order valence-corrected chi connectivity index (χ1v) is 8.53. The molecule has 112 valence electrons. The average Bonchev–Trinajstić information content (AvgIpc) is 2.59. The van der Waals surface area contributed by atoms with Crippen LogP contribution in [0.3, 0.4) is 0 Å². The van der Waals surface area contributed by atoms with Crippen LogP contribution in [-0.4, -0.2) is 50.8 Å². The van der Waals surface area contributed by atoms with Crippen molar-refractivity contribution in [2.24, 2.45) is 0 Å². The standard InChI is InChI=1S/C15H24N2O2S/c1-12-10-14(3)15(11-13(12)2)20(18,19)17-7-5-6-16(4)8-9-17/h10-11H,5-9H2,1-4H3. The lowest BCUT2D eigenvalue weighted by Gasteiger charge is -2.22. The van der Waals surface area contributed by atoms with Gasteiger partial charge >= 0.3 is 0 Å². The molecule has 1 fully saturated rings. The molecule has 1 aromatic rings. The summed E-state index contributed by atoms with van der Waals surface area (Å²) in [4.78, 5) is 2.65. The molecule has 5 heteroatoms. The SMILES string of the molecule is Cc1cc(C)c(S(=O)(=O)N2CCCN(C)CC2)cc1C. The number of rotatable bonds is 2. The van der Waals surface area contributed by atoms with Crippen LogP contribution in [0, 0.1) is 20.8 Å². The van der Waals surface area contributed by atoms with Gasteiger partial charge in [0.05, 0.1) is 4.90 Å². The zero-order valence-electron chi connectivity index (χ0n) is 12.8. The zero-order valence-corrected chi connectivity index (χ0v) is 13.6. The number of sulfonamides is 1.